The fourth-order valence-electron chi connectivity index (χ4n) is 2.94. The van der Waals surface area contributed by atoms with Crippen LogP contribution >= 0.6 is 11.6 Å². The van der Waals surface area contributed by atoms with Crippen molar-refractivity contribution in [2.45, 2.75) is 13.5 Å². The summed E-state index contributed by atoms with van der Waals surface area (Å²) in [4.78, 5) is 16.6. The molecule has 5 heteroatoms. The number of rotatable bonds is 5. The number of halogens is 1. The summed E-state index contributed by atoms with van der Waals surface area (Å²) >= 11 is 6.17. The van der Waals surface area contributed by atoms with E-state index in [9.17, 15) is 4.79 Å². The van der Waals surface area contributed by atoms with E-state index in [1.807, 2.05) is 79.7 Å². The second-order valence-corrected chi connectivity index (χ2v) is 7.07. The Morgan fingerprint density at radius 1 is 1.03 bits per heavy atom. The fraction of sp³-hybridized carbons (Fsp3) is 0.0833. The van der Waals surface area contributed by atoms with Crippen molar-refractivity contribution in [2.24, 2.45) is 4.99 Å². The maximum atomic E-state index is 12.2. The highest BCUT2D eigenvalue weighted by Gasteiger charge is 2.24. The monoisotopic (exact) mass is 403 g/mol. The van der Waals surface area contributed by atoms with Crippen LogP contribution in [0.15, 0.2) is 83.5 Å². The average molecular weight is 404 g/mol. The minimum absolute atomic E-state index is 0.254. The van der Waals surface area contributed by atoms with E-state index in [1.54, 1.807) is 6.08 Å². The van der Waals surface area contributed by atoms with Crippen LogP contribution in [0.1, 0.15) is 22.3 Å². The standard InChI is InChI=1S/C24H18ClNO3/c1-16-6-4-9-18(12-16)23-26-22(24(27)29-23)14-17-7-5-10-20(13-17)28-15-19-8-2-3-11-21(19)25/h2-14H,15H2,1H3/b22-14-. The number of benzene rings is 3. The zero-order chi connectivity index (χ0) is 20.2. The molecule has 0 aromatic heterocycles. The molecule has 0 bridgehead atoms. The Bertz CT molecular complexity index is 1130. The van der Waals surface area contributed by atoms with Crippen molar-refractivity contribution in [3.05, 3.63) is 106 Å². The van der Waals surface area contributed by atoms with Crippen molar-refractivity contribution in [2.75, 3.05) is 0 Å². The first-order chi connectivity index (χ1) is 14.1. The van der Waals surface area contributed by atoms with Crippen molar-refractivity contribution >= 4 is 29.5 Å². The van der Waals surface area contributed by atoms with Gasteiger partial charge in [0.05, 0.1) is 0 Å². The third-order valence-electron chi connectivity index (χ3n) is 4.40. The topological polar surface area (TPSA) is 47.9 Å². The van der Waals surface area contributed by atoms with Gasteiger partial charge in [0.15, 0.2) is 5.70 Å². The highest BCUT2D eigenvalue weighted by molar-refractivity contribution is 6.31. The van der Waals surface area contributed by atoms with Gasteiger partial charge in [0.2, 0.25) is 5.90 Å². The Labute approximate surface area is 174 Å². The zero-order valence-electron chi connectivity index (χ0n) is 15.8. The molecule has 144 valence electrons. The number of cyclic esters (lactones) is 1. The number of aryl methyl sites for hydroxylation is 1. The van der Waals surface area contributed by atoms with Crippen molar-refractivity contribution < 1.29 is 14.3 Å². The molecule has 0 unspecified atom stereocenters. The Morgan fingerprint density at radius 3 is 2.69 bits per heavy atom. The first kappa shape index (κ1) is 19.0. The molecule has 0 spiro atoms. The van der Waals surface area contributed by atoms with Gasteiger partial charge in [-0.2, -0.15) is 0 Å². The molecular weight excluding hydrogens is 386 g/mol. The van der Waals surface area contributed by atoms with Gasteiger partial charge in [-0.1, -0.05) is 59.6 Å². The van der Waals surface area contributed by atoms with E-state index >= 15 is 0 Å². The fourth-order valence-corrected chi connectivity index (χ4v) is 3.13. The number of carbonyl (C=O) groups excluding carboxylic acids is 1. The van der Waals surface area contributed by atoms with E-state index in [4.69, 9.17) is 21.1 Å². The van der Waals surface area contributed by atoms with E-state index in [1.165, 1.54) is 0 Å². The molecule has 0 amide bonds. The lowest BCUT2D eigenvalue weighted by atomic mass is 10.1. The summed E-state index contributed by atoms with van der Waals surface area (Å²) in [6.07, 6.45) is 1.69. The molecule has 0 aliphatic carbocycles. The van der Waals surface area contributed by atoms with Gasteiger partial charge >= 0.3 is 5.97 Å². The molecule has 4 rings (SSSR count). The molecule has 0 N–H and O–H groups in total. The highest BCUT2D eigenvalue weighted by Crippen LogP contribution is 2.23. The van der Waals surface area contributed by atoms with Gasteiger partial charge in [-0.05, 0) is 48.9 Å². The Kier molecular flexibility index (Phi) is 5.45. The summed E-state index contributed by atoms with van der Waals surface area (Å²) in [5, 5.41) is 0.664. The quantitative estimate of drug-likeness (QED) is 0.413. The first-order valence-corrected chi connectivity index (χ1v) is 9.52. The van der Waals surface area contributed by atoms with Gasteiger partial charge in [0, 0.05) is 16.1 Å². The lowest BCUT2D eigenvalue weighted by Crippen LogP contribution is -2.05. The van der Waals surface area contributed by atoms with Crippen LogP contribution in [0.5, 0.6) is 5.75 Å². The highest BCUT2D eigenvalue weighted by atomic mass is 35.5. The summed E-state index contributed by atoms with van der Waals surface area (Å²) in [7, 11) is 0. The third kappa shape index (κ3) is 4.55. The number of esters is 1. The predicted octanol–water partition coefficient (Wildman–Crippen LogP) is 5.57. The maximum absolute atomic E-state index is 12.2. The molecule has 3 aromatic carbocycles. The minimum atomic E-state index is -0.469. The van der Waals surface area contributed by atoms with Crippen LogP contribution in [0.25, 0.3) is 6.08 Å². The molecule has 1 aliphatic heterocycles. The molecule has 0 fully saturated rings. The molecule has 0 atom stereocenters. The zero-order valence-corrected chi connectivity index (χ0v) is 16.5. The van der Waals surface area contributed by atoms with Gasteiger partial charge in [-0.3, -0.25) is 0 Å². The average Bonchev–Trinajstić information content (AvgIpc) is 3.08. The van der Waals surface area contributed by atoms with Gasteiger partial charge < -0.3 is 9.47 Å². The van der Waals surface area contributed by atoms with Crippen LogP contribution < -0.4 is 4.74 Å². The van der Waals surface area contributed by atoms with Crippen LogP contribution in [0.2, 0.25) is 5.02 Å². The van der Waals surface area contributed by atoms with Gasteiger partial charge in [0.1, 0.15) is 12.4 Å². The summed E-state index contributed by atoms with van der Waals surface area (Å²) in [5.41, 5.74) is 3.80. The maximum Gasteiger partial charge on any atom is 0.363 e. The molecule has 1 aliphatic rings. The predicted molar refractivity (Wildman–Crippen MR) is 114 cm³/mol. The molecule has 0 radical (unpaired) electrons. The van der Waals surface area contributed by atoms with E-state index in [-0.39, 0.29) is 5.70 Å². The van der Waals surface area contributed by atoms with Crippen molar-refractivity contribution in [3.63, 3.8) is 0 Å². The second-order valence-electron chi connectivity index (χ2n) is 6.66. The van der Waals surface area contributed by atoms with E-state index < -0.39 is 5.97 Å². The first-order valence-electron chi connectivity index (χ1n) is 9.14. The smallest absolute Gasteiger partial charge is 0.363 e. The minimum Gasteiger partial charge on any atom is -0.489 e. The molecule has 0 saturated carbocycles. The van der Waals surface area contributed by atoms with Crippen molar-refractivity contribution in [3.8, 4) is 5.75 Å². The van der Waals surface area contributed by atoms with E-state index in [0.717, 1.165) is 22.3 Å². The SMILES string of the molecule is Cc1cccc(C2=N/C(=C\c3cccc(OCc4ccccc4Cl)c3)C(=O)O2)c1. The molecule has 1 heterocycles. The lowest BCUT2D eigenvalue weighted by Gasteiger charge is -2.08. The van der Waals surface area contributed by atoms with Crippen LogP contribution in [0.4, 0.5) is 0 Å². The van der Waals surface area contributed by atoms with Crippen LogP contribution in [0, 0.1) is 6.92 Å². The number of carbonyl (C=O) groups is 1. The largest absolute Gasteiger partial charge is 0.489 e. The Hall–Kier alpha value is -3.37. The van der Waals surface area contributed by atoms with Crippen molar-refractivity contribution in [1.29, 1.82) is 0 Å². The Balaban J connectivity index is 1.53. The lowest BCUT2D eigenvalue weighted by molar-refractivity contribution is -0.129. The number of hydrogen-bond donors (Lipinski definition) is 0. The van der Waals surface area contributed by atoms with Crippen LogP contribution in [0.3, 0.4) is 0 Å². The van der Waals surface area contributed by atoms with Crippen LogP contribution in [-0.4, -0.2) is 11.9 Å². The second kappa shape index (κ2) is 8.33. The number of aliphatic imine (C=N–C) groups is 1. The van der Waals surface area contributed by atoms with Crippen LogP contribution in [-0.2, 0) is 16.1 Å². The molecule has 29 heavy (non-hydrogen) atoms. The van der Waals surface area contributed by atoms with E-state index in [0.29, 0.717) is 23.3 Å². The summed E-state index contributed by atoms with van der Waals surface area (Å²) < 4.78 is 11.2. The van der Waals surface area contributed by atoms with Gasteiger partial charge in [0.25, 0.3) is 0 Å². The number of hydrogen-bond acceptors (Lipinski definition) is 4. The summed E-state index contributed by atoms with van der Waals surface area (Å²) in [5.74, 6) is 0.522. The van der Waals surface area contributed by atoms with Gasteiger partial charge in [-0.15, -0.1) is 0 Å². The summed E-state index contributed by atoms with van der Waals surface area (Å²) in [6.45, 7) is 2.34. The Morgan fingerprint density at radius 2 is 1.86 bits per heavy atom. The number of nitrogens with zero attached hydrogens (tertiary/aromatic N) is 1. The summed E-state index contributed by atoms with van der Waals surface area (Å²) in [6, 6.07) is 22.7. The molecule has 0 saturated heterocycles. The molecule has 4 nitrogen and oxygen atoms in total. The van der Waals surface area contributed by atoms with Gasteiger partial charge in [-0.25, -0.2) is 9.79 Å². The molecule has 3 aromatic rings. The van der Waals surface area contributed by atoms with E-state index in [2.05, 4.69) is 4.99 Å². The normalized spacial score (nSPS) is 14.6. The third-order valence-corrected chi connectivity index (χ3v) is 4.77. The van der Waals surface area contributed by atoms with Crippen molar-refractivity contribution in [1.82, 2.24) is 0 Å². The molecular formula is C24H18ClNO3. The number of ether oxygens (including phenoxy) is 2.